The molecular weight excluding hydrogens is 422 g/mol. The molecule has 4 rings (SSSR count). The molecule has 0 heterocycles. The van der Waals surface area contributed by atoms with Gasteiger partial charge in [0.1, 0.15) is 0 Å². The molecular formula is C28H27FeNO+2. The van der Waals surface area contributed by atoms with E-state index in [4.69, 9.17) is 0 Å². The summed E-state index contributed by atoms with van der Waals surface area (Å²) < 4.78 is 0. The van der Waals surface area contributed by atoms with Gasteiger partial charge in [-0.25, -0.2) is 0 Å². The van der Waals surface area contributed by atoms with Crippen molar-refractivity contribution >= 4 is 17.2 Å². The molecule has 0 aliphatic heterocycles. The van der Waals surface area contributed by atoms with Gasteiger partial charge in [0.05, 0.1) is 0 Å². The van der Waals surface area contributed by atoms with E-state index in [9.17, 15) is 4.79 Å². The Morgan fingerprint density at radius 1 is 0.742 bits per heavy atom. The summed E-state index contributed by atoms with van der Waals surface area (Å²) in [7, 11) is 0. The first-order chi connectivity index (χ1) is 14.7. The molecule has 31 heavy (non-hydrogen) atoms. The van der Waals surface area contributed by atoms with Crippen molar-refractivity contribution in [3.8, 4) is 0 Å². The SMILES string of the molecule is CC/C([C]1[CH][CH][CH][CH]1)=C(\c1ccccc1)c1ccc(NC(C)=O)cc1.[CH]1[CH][CH][CH][CH]1.[Fe+2]. The first-order valence-corrected chi connectivity index (χ1v) is 10.2. The van der Waals surface area contributed by atoms with Crippen LogP contribution in [0.4, 0.5) is 5.69 Å². The molecule has 2 aromatic rings. The third-order valence-corrected chi connectivity index (χ3v) is 4.78. The summed E-state index contributed by atoms with van der Waals surface area (Å²) in [5, 5.41) is 2.83. The predicted octanol–water partition coefficient (Wildman–Crippen LogP) is 6.28. The molecule has 10 radical (unpaired) electrons. The van der Waals surface area contributed by atoms with Crippen LogP contribution in [0.25, 0.3) is 5.57 Å². The average molecular weight is 449 g/mol. The van der Waals surface area contributed by atoms with Crippen molar-refractivity contribution in [2.75, 3.05) is 5.32 Å². The number of amides is 1. The smallest absolute Gasteiger partial charge is 0.326 e. The first kappa shape index (κ1) is 25.4. The van der Waals surface area contributed by atoms with Crippen molar-refractivity contribution in [3.63, 3.8) is 0 Å². The summed E-state index contributed by atoms with van der Waals surface area (Å²) in [6.45, 7) is 3.71. The van der Waals surface area contributed by atoms with E-state index in [2.05, 4.69) is 74.3 Å². The second-order valence-electron chi connectivity index (χ2n) is 6.97. The second kappa shape index (κ2) is 13.6. The van der Waals surface area contributed by atoms with Gasteiger partial charge in [0, 0.05) is 18.5 Å². The van der Waals surface area contributed by atoms with Gasteiger partial charge >= 0.3 is 17.1 Å². The number of hydrogen-bond acceptors (Lipinski definition) is 1. The van der Waals surface area contributed by atoms with Gasteiger partial charge in [0.2, 0.25) is 5.91 Å². The topological polar surface area (TPSA) is 29.1 Å². The molecule has 0 aromatic heterocycles. The molecule has 0 spiro atoms. The van der Waals surface area contributed by atoms with Crippen LogP contribution >= 0.6 is 0 Å². The van der Waals surface area contributed by atoms with E-state index >= 15 is 0 Å². The molecule has 2 aromatic carbocycles. The van der Waals surface area contributed by atoms with E-state index in [1.807, 2.05) is 50.3 Å². The van der Waals surface area contributed by atoms with E-state index in [0.29, 0.717) is 0 Å². The molecule has 2 aliphatic rings. The van der Waals surface area contributed by atoms with Crippen LogP contribution in [0.1, 0.15) is 31.4 Å². The summed E-state index contributed by atoms with van der Waals surface area (Å²) in [6, 6.07) is 18.5. The fourth-order valence-corrected chi connectivity index (χ4v) is 3.46. The molecule has 2 aliphatic carbocycles. The third kappa shape index (κ3) is 7.66. The Balaban J connectivity index is 0.000000501. The standard InChI is InChI=1S/C23H22NO.C5H5.Fe/c1-3-22(18-9-7-8-10-18)23(19-11-5-4-6-12-19)20-13-15-21(16-14-20)24-17(2)25;1-2-4-5-3-1;/h4-16H,3H2,1-2H3,(H,24,25);1-5H;/q;;+2/b23-22-;;. The summed E-state index contributed by atoms with van der Waals surface area (Å²) in [6.07, 6.45) is 19.4. The van der Waals surface area contributed by atoms with E-state index in [-0.39, 0.29) is 23.0 Å². The van der Waals surface area contributed by atoms with Crippen LogP contribution in [-0.2, 0) is 21.9 Å². The Morgan fingerprint density at radius 3 is 1.74 bits per heavy atom. The van der Waals surface area contributed by atoms with Crippen LogP contribution in [0.3, 0.4) is 0 Å². The van der Waals surface area contributed by atoms with Gasteiger partial charge in [-0.15, -0.1) is 0 Å². The monoisotopic (exact) mass is 449 g/mol. The van der Waals surface area contributed by atoms with E-state index in [0.717, 1.165) is 17.7 Å². The number of carbonyl (C=O) groups excluding carboxylic acids is 1. The zero-order valence-corrected chi connectivity index (χ0v) is 19.0. The summed E-state index contributed by atoms with van der Waals surface area (Å²) in [4.78, 5) is 11.2. The van der Waals surface area contributed by atoms with Crippen molar-refractivity contribution in [2.45, 2.75) is 20.3 Å². The number of benzene rings is 2. The number of rotatable bonds is 5. The molecule has 2 nitrogen and oxygen atoms in total. The van der Waals surface area contributed by atoms with Crippen molar-refractivity contribution in [2.24, 2.45) is 0 Å². The number of anilines is 1. The Morgan fingerprint density at radius 2 is 1.26 bits per heavy atom. The van der Waals surface area contributed by atoms with Gasteiger partial charge in [0.15, 0.2) is 0 Å². The molecule has 3 heteroatoms. The van der Waals surface area contributed by atoms with Gasteiger partial charge in [-0.3, -0.25) is 4.79 Å². The largest absolute Gasteiger partial charge is 2.00 e. The number of nitrogens with one attached hydrogen (secondary N) is 1. The van der Waals surface area contributed by atoms with Crippen LogP contribution in [0, 0.1) is 63.7 Å². The Hall–Kier alpha value is -1.83. The zero-order valence-electron chi connectivity index (χ0n) is 17.9. The summed E-state index contributed by atoms with van der Waals surface area (Å²) >= 11 is 0. The molecule has 0 bridgehead atoms. The maximum Gasteiger partial charge on any atom is 2.00 e. The van der Waals surface area contributed by atoms with Crippen molar-refractivity contribution < 1.29 is 21.9 Å². The summed E-state index contributed by atoms with van der Waals surface area (Å²) in [5.74, 6) is 1.20. The minimum Gasteiger partial charge on any atom is -0.326 e. The van der Waals surface area contributed by atoms with Crippen molar-refractivity contribution in [3.05, 3.63) is 135 Å². The predicted molar refractivity (Wildman–Crippen MR) is 125 cm³/mol. The quantitative estimate of drug-likeness (QED) is 0.535. The van der Waals surface area contributed by atoms with Crippen LogP contribution in [-0.4, -0.2) is 5.91 Å². The Labute approximate surface area is 199 Å². The maximum atomic E-state index is 11.2. The Kier molecular flexibility index (Phi) is 11.1. The molecule has 2 saturated carbocycles. The molecule has 156 valence electrons. The zero-order chi connectivity index (χ0) is 21.2. The van der Waals surface area contributed by atoms with Crippen molar-refractivity contribution in [1.29, 1.82) is 0 Å². The van der Waals surface area contributed by atoms with Gasteiger partial charge in [-0.05, 0) is 93.0 Å². The van der Waals surface area contributed by atoms with Gasteiger partial charge in [0.25, 0.3) is 0 Å². The molecule has 2 fully saturated rings. The second-order valence-corrected chi connectivity index (χ2v) is 6.97. The molecule has 1 N–H and O–H groups in total. The normalized spacial score (nSPS) is 16.6. The molecule has 0 atom stereocenters. The minimum atomic E-state index is -0.0578. The molecule has 0 saturated heterocycles. The fourth-order valence-electron chi connectivity index (χ4n) is 3.46. The van der Waals surface area contributed by atoms with Crippen LogP contribution in [0.15, 0.2) is 60.2 Å². The number of carbonyl (C=O) groups is 1. The van der Waals surface area contributed by atoms with Crippen molar-refractivity contribution in [1.82, 2.24) is 0 Å². The first-order valence-electron chi connectivity index (χ1n) is 10.2. The fraction of sp³-hybridized carbons (Fsp3) is 0.107. The Bertz CT molecular complexity index is 808. The average Bonchev–Trinajstić information content (AvgIpc) is 3.50. The number of allylic oxidation sites excluding steroid dienone is 1. The van der Waals surface area contributed by atoms with Crippen LogP contribution in [0.5, 0.6) is 0 Å². The van der Waals surface area contributed by atoms with E-state index in [1.165, 1.54) is 29.6 Å². The maximum absolute atomic E-state index is 11.2. The third-order valence-electron chi connectivity index (χ3n) is 4.78. The minimum absolute atomic E-state index is 0. The van der Waals surface area contributed by atoms with E-state index in [1.54, 1.807) is 0 Å². The van der Waals surface area contributed by atoms with E-state index < -0.39 is 0 Å². The molecule has 0 unspecified atom stereocenters. The summed E-state index contributed by atoms with van der Waals surface area (Å²) in [5.41, 5.74) is 5.73. The molecule has 1 amide bonds. The van der Waals surface area contributed by atoms with Crippen LogP contribution in [0.2, 0.25) is 0 Å². The van der Waals surface area contributed by atoms with Gasteiger partial charge < -0.3 is 5.32 Å². The van der Waals surface area contributed by atoms with Gasteiger partial charge in [-0.2, -0.15) is 0 Å². The number of hydrogen-bond donors (Lipinski definition) is 1. The van der Waals surface area contributed by atoms with Crippen LogP contribution < -0.4 is 5.32 Å². The van der Waals surface area contributed by atoms with Gasteiger partial charge in [-0.1, -0.05) is 55.0 Å².